The maximum absolute atomic E-state index is 6.49. The van der Waals surface area contributed by atoms with Gasteiger partial charge in [-0.15, -0.1) is 0 Å². The highest BCUT2D eigenvalue weighted by molar-refractivity contribution is 5.46. The zero-order valence-corrected chi connectivity index (χ0v) is 13.7. The lowest BCUT2D eigenvalue weighted by atomic mass is 9.63. The standard InChI is InChI=1S/C21H20NO2/c1-2-24-21(15-10-12-23-14-15)13-19-16-7-3-4-8-17(16)20(21)18-9-5-6-11-22(18)19/h3-12,14,19-20H,2,13H2,1H3/q+1. The molecule has 3 heteroatoms. The number of fused-ring (bicyclic) bond motifs is 1. The van der Waals surface area contributed by atoms with Gasteiger partial charge in [-0.1, -0.05) is 30.3 Å². The minimum Gasteiger partial charge on any atom is -0.472 e. The Morgan fingerprint density at radius 1 is 1.12 bits per heavy atom. The van der Waals surface area contributed by atoms with Crippen LogP contribution in [0.5, 0.6) is 0 Å². The van der Waals surface area contributed by atoms with E-state index in [2.05, 4.69) is 66.2 Å². The zero-order chi connectivity index (χ0) is 16.1. The zero-order valence-electron chi connectivity index (χ0n) is 13.7. The van der Waals surface area contributed by atoms with Crippen LogP contribution in [0.15, 0.2) is 71.7 Å². The molecule has 2 bridgehead atoms. The van der Waals surface area contributed by atoms with Gasteiger partial charge in [0.05, 0.1) is 12.5 Å². The van der Waals surface area contributed by atoms with Gasteiger partial charge in [0.15, 0.2) is 17.9 Å². The Labute approximate surface area is 141 Å². The number of hydrogen-bond acceptors (Lipinski definition) is 2. The number of furan rings is 1. The van der Waals surface area contributed by atoms with E-state index in [0.717, 1.165) is 12.0 Å². The van der Waals surface area contributed by atoms with Crippen molar-refractivity contribution in [2.45, 2.75) is 30.9 Å². The molecule has 0 radical (unpaired) electrons. The summed E-state index contributed by atoms with van der Waals surface area (Å²) < 4.78 is 14.3. The van der Waals surface area contributed by atoms with Gasteiger partial charge < -0.3 is 9.15 Å². The molecule has 0 saturated carbocycles. The predicted molar refractivity (Wildman–Crippen MR) is 89.7 cm³/mol. The lowest BCUT2D eigenvalue weighted by Crippen LogP contribution is -2.60. The second kappa shape index (κ2) is 5.05. The Morgan fingerprint density at radius 2 is 1.96 bits per heavy atom. The first-order chi connectivity index (χ1) is 11.8. The molecule has 2 aromatic heterocycles. The molecule has 3 aliphatic rings. The van der Waals surface area contributed by atoms with Crippen LogP contribution in [0.3, 0.4) is 0 Å². The Morgan fingerprint density at radius 3 is 2.75 bits per heavy atom. The molecule has 3 unspecified atom stereocenters. The van der Waals surface area contributed by atoms with Gasteiger partial charge >= 0.3 is 0 Å². The third kappa shape index (κ3) is 1.68. The molecule has 3 nitrogen and oxygen atoms in total. The van der Waals surface area contributed by atoms with Gasteiger partial charge in [-0.3, -0.25) is 0 Å². The van der Waals surface area contributed by atoms with Crippen LogP contribution in [0.25, 0.3) is 0 Å². The molecule has 0 fully saturated rings. The average Bonchev–Trinajstić information content (AvgIpc) is 3.17. The van der Waals surface area contributed by atoms with E-state index in [9.17, 15) is 0 Å². The third-order valence-electron chi connectivity index (χ3n) is 5.60. The van der Waals surface area contributed by atoms with Gasteiger partial charge in [-0.2, -0.15) is 4.57 Å². The summed E-state index contributed by atoms with van der Waals surface area (Å²) in [6.45, 7) is 2.76. The quantitative estimate of drug-likeness (QED) is 0.684. The van der Waals surface area contributed by atoms with Crippen LogP contribution >= 0.6 is 0 Å². The fraction of sp³-hybridized carbons (Fsp3) is 0.286. The summed E-state index contributed by atoms with van der Waals surface area (Å²) in [6.07, 6.45) is 6.74. The smallest absolute Gasteiger partial charge is 0.192 e. The van der Waals surface area contributed by atoms with Crippen LogP contribution in [0.4, 0.5) is 0 Å². The van der Waals surface area contributed by atoms with Crippen LogP contribution < -0.4 is 4.57 Å². The molecule has 3 aromatic rings. The summed E-state index contributed by atoms with van der Waals surface area (Å²) in [4.78, 5) is 0. The molecule has 0 amide bonds. The van der Waals surface area contributed by atoms with Crippen molar-refractivity contribution in [3.8, 4) is 0 Å². The second-order valence-corrected chi connectivity index (χ2v) is 6.65. The van der Waals surface area contributed by atoms with Crippen molar-refractivity contribution in [3.05, 3.63) is 89.6 Å². The van der Waals surface area contributed by atoms with E-state index in [0.29, 0.717) is 12.6 Å². The molecule has 3 atom stereocenters. The van der Waals surface area contributed by atoms with E-state index in [1.165, 1.54) is 16.8 Å². The highest BCUT2D eigenvalue weighted by atomic mass is 16.5. The van der Waals surface area contributed by atoms with E-state index in [4.69, 9.17) is 9.15 Å². The van der Waals surface area contributed by atoms with Gasteiger partial charge in [0.2, 0.25) is 0 Å². The minimum absolute atomic E-state index is 0.178. The Bertz CT molecular complexity index is 839. The van der Waals surface area contributed by atoms with Crippen LogP contribution in [0, 0.1) is 0 Å². The van der Waals surface area contributed by atoms with Crippen LogP contribution in [-0.4, -0.2) is 6.61 Å². The van der Waals surface area contributed by atoms with Crippen molar-refractivity contribution >= 4 is 0 Å². The van der Waals surface area contributed by atoms with Gasteiger partial charge in [0.1, 0.15) is 11.5 Å². The van der Waals surface area contributed by atoms with Gasteiger partial charge in [0, 0.05) is 36.3 Å². The van der Waals surface area contributed by atoms with Gasteiger partial charge in [0.25, 0.3) is 0 Å². The molecule has 6 rings (SSSR count). The number of nitrogens with zero attached hydrogens (tertiary/aromatic N) is 1. The molecule has 0 N–H and O–H groups in total. The summed E-state index contributed by atoms with van der Waals surface area (Å²) >= 11 is 0. The summed E-state index contributed by atoms with van der Waals surface area (Å²) in [5, 5.41) is 0. The van der Waals surface area contributed by atoms with E-state index in [1.54, 1.807) is 6.26 Å². The molecule has 1 aromatic carbocycles. The first-order valence-corrected chi connectivity index (χ1v) is 8.60. The lowest BCUT2D eigenvalue weighted by Gasteiger charge is -2.48. The number of pyridine rings is 1. The van der Waals surface area contributed by atoms with Crippen molar-refractivity contribution in [1.82, 2.24) is 0 Å². The number of aromatic nitrogens is 1. The molecule has 0 spiro atoms. The van der Waals surface area contributed by atoms with Crippen LogP contribution in [0.1, 0.15) is 47.7 Å². The topological polar surface area (TPSA) is 26.2 Å². The third-order valence-corrected chi connectivity index (χ3v) is 5.60. The van der Waals surface area contributed by atoms with E-state index in [1.807, 2.05) is 6.26 Å². The Hall–Kier alpha value is -2.39. The maximum Gasteiger partial charge on any atom is 0.192 e. The predicted octanol–water partition coefficient (Wildman–Crippen LogP) is 3.94. The first-order valence-electron chi connectivity index (χ1n) is 8.60. The van der Waals surface area contributed by atoms with Gasteiger partial charge in [-0.25, -0.2) is 0 Å². The minimum atomic E-state index is -0.359. The summed E-state index contributed by atoms with van der Waals surface area (Å²) in [5.74, 6) is 0.178. The average molecular weight is 318 g/mol. The van der Waals surface area contributed by atoms with Crippen molar-refractivity contribution in [2.24, 2.45) is 0 Å². The maximum atomic E-state index is 6.49. The number of rotatable bonds is 3. The fourth-order valence-corrected chi connectivity index (χ4v) is 4.76. The van der Waals surface area contributed by atoms with Crippen molar-refractivity contribution < 1.29 is 13.7 Å². The first kappa shape index (κ1) is 14.0. The Balaban J connectivity index is 1.82. The van der Waals surface area contributed by atoms with Gasteiger partial charge in [-0.05, 0) is 18.6 Å². The largest absolute Gasteiger partial charge is 0.472 e. The SMILES string of the molecule is CCOC1(c2ccoc2)CC2c3ccccc3C1c1cccc[n+]12. The molecule has 1 aliphatic carbocycles. The van der Waals surface area contributed by atoms with E-state index in [-0.39, 0.29) is 11.5 Å². The van der Waals surface area contributed by atoms with Crippen molar-refractivity contribution in [2.75, 3.05) is 6.61 Å². The molecular weight excluding hydrogens is 298 g/mol. The molecule has 0 saturated heterocycles. The molecule has 2 aliphatic heterocycles. The molecule has 24 heavy (non-hydrogen) atoms. The van der Waals surface area contributed by atoms with Crippen LogP contribution in [-0.2, 0) is 10.3 Å². The monoisotopic (exact) mass is 318 g/mol. The molecule has 4 heterocycles. The van der Waals surface area contributed by atoms with Crippen LogP contribution in [0.2, 0.25) is 0 Å². The second-order valence-electron chi connectivity index (χ2n) is 6.65. The molecular formula is C21H20NO2+. The number of benzene rings is 1. The lowest BCUT2D eigenvalue weighted by molar-refractivity contribution is -0.735. The van der Waals surface area contributed by atoms with E-state index >= 15 is 0 Å². The number of hydrogen-bond donors (Lipinski definition) is 0. The summed E-state index contributed by atoms with van der Waals surface area (Å²) in [7, 11) is 0. The van der Waals surface area contributed by atoms with Crippen molar-refractivity contribution in [3.63, 3.8) is 0 Å². The molecule has 120 valence electrons. The normalized spacial score (nSPS) is 26.9. The van der Waals surface area contributed by atoms with E-state index < -0.39 is 0 Å². The highest BCUT2D eigenvalue weighted by Gasteiger charge is 2.59. The summed E-state index contributed by atoms with van der Waals surface area (Å²) in [6, 6.07) is 17.6. The summed E-state index contributed by atoms with van der Waals surface area (Å²) in [5.41, 5.74) is 4.91. The fourth-order valence-electron chi connectivity index (χ4n) is 4.76. The van der Waals surface area contributed by atoms with Crippen molar-refractivity contribution in [1.29, 1.82) is 0 Å². The highest BCUT2D eigenvalue weighted by Crippen LogP contribution is 2.56. The Kier molecular flexibility index (Phi) is 2.95. The number of ether oxygens (including phenoxy) is 1.